The van der Waals surface area contributed by atoms with Crippen LogP contribution in [0.25, 0.3) is 0 Å². The summed E-state index contributed by atoms with van der Waals surface area (Å²) in [5, 5.41) is 0. The highest BCUT2D eigenvalue weighted by molar-refractivity contribution is 7.12. The molecule has 0 saturated carbocycles. The van der Waals surface area contributed by atoms with E-state index in [9.17, 15) is 0 Å². The Morgan fingerprint density at radius 1 is 1.55 bits per heavy atom. The second-order valence-corrected chi connectivity index (χ2v) is 4.17. The number of thiophene rings is 1. The lowest BCUT2D eigenvalue weighted by atomic mass is 10.1. The first-order valence-corrected chi connectivity index (χ1v) is 4.49. The minimum Gasteiger partial charge on any atom is -0.329 e. The zero-order chi connectivity index (χ0) is 8.43. The Morgan fingerprint density at radius 3 is 2.55 bits per heavy atom. The Hall–Kier alpha value is -0.380. The van der Waals surface area contributed by atoms with Crippen LogP contribution in [0.5, 0.6) is 0 Å². The summed E-state index contributed by atoms with van der Waals surface area (Å²) in [5.41, 5.74) is 12.5. The molecule has 0 saturated heterocycles. The van der Waals surface area contributed by atoms with Crippen LogP contribution in [0, 0.1) is 13.8 Å². The second kappa shape index (κ2) is 3.34. The minimum atomic E-state index is 0.0138. The van der Waals surface area contributed by atoms with Gasteiger partial charge in [0.2, 0.25) is 0 Å². The number of nitrogens with two attached hydrogens (primary N) is 2. The molecule has 0 aromatic carbocycles. The molecule has 0 radical (unpaired) electrons. The highest BCUT2D eigenvalue weighted by Crippen LogP contribution is 2.24. The predicted octanol–water partition coefficient (Wildman–Crippen LogP) is 1.32. The SMILES string of the molecule is Cc1cc([C@H](N)CN)c(C)s1. The standard InChI is InChI=1S/C8H14N2S/c1-5-3-7(6(2)11-5)8(10)4-9/h3,8H,4,9-10H2,1-2H3/t8-/m1/s1. The van der Waals surface area contributed by atoms with Gasteiger partial charge in [0.05, 0.1) is 0 Å². The van der Waals surface area contributed by atoms with Gasteiger partial charge in [-0.1, -0.05) is 0 Å². The zero-order valence-corrected chi connectivity index (χ0v) is 7.74. The largest absolute Gasteiger partial charge is 0.329 e. The molecule has 1 aromatic rings. The number of hydrogen-bond acceptors (Lipinski definition) is 3. The first kappa shape index (κ1) is 8.71. The van der Waals surface area contributed by atoms with E-state index in [0.717, 1.165) is 0 Å². The summed E-state index contributed by atoms with van der Waals surface area (Å²) in [5.74, 6) is 0. The summed E-state index contributed by atoms with van der Waals surface area (Å²) in [4.78, 5) is 2.60. The molecule has 1 heterocycles. The number of rotatable bonds is 2. The third-order valence-electron chi connectivity index (χ3n) is 1.73. The van der Waals surface area contributed by atoms with Crippen molar-refractivity contribution in [2.45, 2.75) is 19.9 Å². The van der Waals surface area contributed by atoms with E-state index in [4.69, 9.17) is 11.5 Å². The van der Waals surface area contributed by atoms with Gasteiger partial charge in [-0.15, -0.1) is 11.3 Å². The van der Waals surface area contributed by atoms with Crippen molar-refractivity contribution < 1.29 is 0 Å². The zero-order valence-electron chi connectivity index (χ0n) is 6.92. The minimum absolute atomic E-state index is 0.0138. The molecule has 0 spiro atoms. The Kier molecular flexibility index (Phi) is 2.65. The fraction of sp³-hybridized carbons (Fsp3) is 0.500. The maximum absolute atomic E-state index is 5.79. The maximum atomic E-state index is 5.79. The van der Waals surface area contributed by atoms with Crippen molar-refractivity contribution in [2.24, 2.45) is 11.5 Å². The van der Waals surface area contributed by atoms with Gasteiger partial charge in [0.25, 0.3) is 0 Å². The molecule has 1 atom stereocenters. The van der Waals surface area contributed by atoms with Crippen LogP contribution in [0.2, 0.25) is 0 Å². The van der Waals surface area contributed by atoms with E-state index in [-0.39, 0.29) is 6.04 Å². The van der Waals surface area contributed by atoms with Gasteiger partial charge >= 0.3 is 0 Å². The van der Waals surface area contributed by atoms with Gasteiger partial charge in [-0.3, -0.25) is 0 Å². The van der Waals surface area contributed by atoms with Crippen LogP contribution < -0.4 is 11.5 Å². The summed E-state index contributed by atoms with van der Waals surface area (Å²) in [6.45, 7) is 4.70. The van der Waals surface area contributed by atoms with Gasteiger partial charge in [0, 0.05) is 22.3 Å². The molecule has 0 unspecified atom stereocenters. The highest BCUT2D eigenvalue weighted by Gasteiger charge is 2.08. The second-order valence-electron chi connectivity index (χ2n) is 2.71. The lowest BCUT2D eigenvalue weighted by molar-refractivity contribution is 0.735. The summed E-state index contributed by atoms with van der Waals surface area (Å²) in [6.07, 6.45) is 0. The first-order chi connectivity index (χ1) is 5.15. The quantitative estimate of drug-likeness (QED) is 0.703. The molecule has 3 heteroatoms. The molecule has 2 nitrogen and oxygen atoms in total. The fourth-order valence-electron chi connectivity index (χ4n) is 1.15. The molecule has 1 rings (SSSR count). The highest BCUT2D eigenvalue weighted by atomic mass is 32.1. The van der Waals surface area contributed by atoms with E-state index in [2.05, 4.69) is 19.9 Å². The fourth-order valence-corrected chi connectivity index (χ4v) is 2.14. The average molecular weight is 170 g/mol. The predicted molar refractivity (Wildman–Crippen MR) is 49.8 cm³/mol. The molecule has 0 bridgehead atoms. The van der Waals surface area contributed by atoms with Gasteiger partial charge < -0.3 is 11.5 Å². The van der Waals surface area contributed by atoms with Gasteiger partial charge in [-0.05, 0) is 25.5 Å². The van der Waals surface area contributed by atoms with E-state index in [1.165, 1.54) is 15.3 Å². The van der Waals surface area contributed by atoms with Gasteiger partial charge in [0.15, 0.2) is 0 Å². The molecule has 0 aliphatic heterocycles. The molecule has 4 N–H and O–H groups in total. The molecule has 11 heavy (non-hydrogen) atoms. The molecule has 0 aliphatic rings. The van der Waals surface area contributed by atoms with E-state index in [0.29, 0.717) is 6.54 Å². The van der Waals surface area contributed by atoms with E-state index >= 15 is 0 Å². The van der Waals surface area contributed by atoms with Crippen molar-refractivity contribution in [1.82, 2.24) is 0 Å². The number of aryl methyl sites for hydroxylation is 2. The summed E-state index contributed by atoms with van der Waals surface area (Å²) >= 11 is 1.78. The van der Waals surface area contributed by atoms with E-state index in [1.807, 2.05) is 0 Å². The van der Waals surface area contributed by atoms with Crippen LogP contribution in [-0.4, -0.2) is 6.54 Å². The Labute approximate surface area is 71.2 Å². The molecule has 0 amide bonds. The summed E-state index contributed by atoms with van der Waals surface area (Å²) < 4.78 is 0. The van der Waals surface area contributed by atoms with Crippen molar-refractivity contribution in [1.29, 1.82) is 0 Å². The number of hydrogen-bond donors (Lipinski definition) is 2. The lowest BCUT2D eigenvalue weighted by Crippen LogP contribution is -2.20. The van der Waals surface area contributed by atoms with Crippen LogP contribution in [-0.2, 0) is 0 Å². The van der Waals surface area contributed by atoms with E-state index in [1.54, 1.807) is 11.3 Å². The monoisotopic (exact) mass is 170 g/mol. The maximum Gasteiger partial charge on any atom is 0.0430 e. The summed E-state index contributed by atoms with van der Waals surface area (Å²) in [7, 11) is 0. The van der Waals surface area contributed by atoms with E-state index < -0.39 is 0 Å². The van der Waals surface area contributed by atoms with Crippen LogP contribution in [0.3, 0.4) is 0 Å². The first-order valence-electron chi connectivity index (χ1n) is 3.67. The van der Waals surface area contributed by atoms with Crippen molar-refractivity contribution in [3.63, 3.8) is 0 Å². The van der Waals surface area contributed by atoms with Crippen molar-refractivity contribution >= 4 is 11.3 Å². The topological polar surface area (TPSA) is 52.0 Å². The molecular weight excluding hydrogens is 156 g/mol. The van der Waals surface area contributed by atoms with Crippen LogP contribution in [0.15, 0.2) is 6.07 Å². The van der Waals surface area contributed by atoms with Crippen molar-refractivity contribution in [2.75, 3.05) is 6.54 Å². The van der Waals surface area contributed by atoms with Crippen molar-refractivity contribution in [3.05, 3.63) is 21.4 Å². The molecule has 0 aliphatic carbocycles. The van der Waals surface area contributed by atoms with Gasteiger partial charge in [0.1, 0.15) is 0 Å². The summed E-state index contributed by atoms with van der Waals surface area (Å²) in [6, 6.07) is 2.14. The van der Waals surface area contributed by atoms with Crippen molar-refractivity contribution in [3.8, 4) is 0 Å². The average Bonchev–Trinajstić information content (AvgIpc) is 2.28. The normalized spacial score (nSPS) is 13.5. The van der Waals surface area contributed by atoms with Crippen LogP contribution in [0.4, 0.5) is 0 Å². The third kappa shape index (κ3) is 1.80. The van der Waals surface area contributed by atoms with Crippen LogP contribution >= 0.6 is 11.3 Å². The lowest BCUT2D eigenvalue weighted by Gasteiger charge is -2.06. The van der Waals surface area contributed by atoms with Gasteiger partial charge in [-0.25, -0.2) is 0 Å². The molecule has 0 fully saturated rings. The Morgan fingerprint density at radius 2 is 2.18 bits per heavy atom. The Bertz CT molecular complexity index is 242. The Balaban J connectivity index is 2.93. The molecular formula is C8H14N2S. The third-order valence-corrected chi connectivity index (χ3v) is 2.71. The molecule has 1 aromatic heterocycles. The molecule has 62 valence electrons. The smallest absolute Gasteiger partial charge is 0.0430 e. The van der Waals surface area contributed by atoms with Gasteiger partial charge in [-0.2, -0.15) is 0 Å². The van der Waals surface area contributed by atoms with Crippen LogP contribution in [0.1, 0.15) is 21.4 Å².